The summed E-state index contributed by atoms with van der Waals surface area (Å²) in [7, 11) is 0. The van der Waals surface area contributed by atoms with Crippen LogP contribution in [0.4, 0.5) is 0 Å². The van der Waals surface area contributed by atoms with Crippen molar-refractivity contribution in [2.24, 2.45) is 5.73 Å². The monoisotopic (exact) mass is 241 g/mol. The fourth-order valence-electron chi connectivity index (χ4n) is 1.34. The van der Waals surface area contributed by atoms with E-state index >= 15 is 0 Å². The molecule has 0 aromatic heterocycles. The van der Waals surface area contributed by atoms with Crippen LogP contribution < -0.4 is 5.73 Å². The minimum absolute atomic E-state index is 0.570. The molecule has 72 valence electrons. The van der Waals surface area contributed by atoms with E-state index in [2.05, 4.69) is 41.1 Å². The summed E-state index contributed by atoms with van der Waals surface area (Å²) in [5, 5.41) is 0. The van der Waals surface area contributed by atoms with Crippen molar-refractivity contribution in [3.05, 3.63) is 35.4 Å². The molecule has 0 heterocycles. The van der Waals surface area contributed by atoms with Gasteiger partial charge >= 0.3 is 0 Å². The lowest BCUT2D eigenvalue weighted by Gasteiger charge is -2.10. The molecule has 0 radical (unpaired) electrons. The van der Waals surface area contributed by atoms with Crippen molar-refractivity contribution in [1.82, 2.24) is 0 Å². The molecule has 0 fully saturated rings. The van der Waals surface area contributed by atoms with Crippen molar-refractivity contribution in [2.75, 3.05) is 0 Å². The number of hydrogen-bond donors (Lipinski definition) is 1. The van der Waals surface area contributed by atoms with Crippen LogP contribution in [-0.2, 0) is 13.0 Å². The van der Waals surface area contributed by atoms with E-state index in [1.165, 1.54) is 11.1 Å². The molecule has 2 heteroatoms. The first-order valence-electron chi connectivity index (χ1n) is 4.68. The molecule has 0 saturated heterocycles. The number of hydrogen-bond acceptors (Lipinski definition) is 1. The zero-order chi connectivity index (χ0) is 9.68. The van der Waals surface area contributed by atoms with E-state index in [-0.39, 0.29) is 0 Å². The van der Waals surface area contributed by atoms with Crippen LogP contribution in [0.5, 0.6) is 0 Å². The van der Waals surface area contributed by atoms with Crippen LogP contribution in [0, 0.1) is 0 Å². The summed E-state index contributed by atoms with van der Waals surface area (Å²) in [5.74, 6) is 0. The zero-order valence-electron chi connectivity index (χ0n) is 7.96. The average Bonchev–Trinajstić information content (AvgIpc) is 2.18. The summed E-state index contributed by atoms with van der Waals surface area (Å²) in [4.78, 5) is 0.570. The highest BCUT2D eigenvalue weighted by molar-refractivity contribution is 9.09. The minimum Gasteiger partial charge on any atom is -0.326 e. The number of nitrogens with two attached hydrogens (primary N) is 1. The number of rotatable bonds is 4. The molecular weight excluding hydrogens is 226 g/mol. The molecule has 1 aromatic rings. The Morgan fingerprint density at radius 1 is 1.31 bits per heavy atom. The third kappa shape index (κ3) is 3.12. The Labute approximate surface area is 88.5 Å². The lowest BCUT2D eigenvalue weighted by Crippen LogP contribution is -2.06. The Hall–Kier alpha value is -0.340. The van der Waals surface area contributed by atoms with Gasteiger partial charge in [-0.25, -0.2) is 0 Å². The Kier molecular flexibility index (Phi) is 4.46. The van der Waals surface area contributed by atoms with Crippen molar-refractivity contribution >= 4 is 15.9 Å². The highest BCUT2D eigenvalue weighted by atomic mass is 79.9. The van der Waals surface area contributed by atoms with E-state index in [9.17, 15) is 0 Å². The summed E-state index contributed by atoms with van der Waals surface area (Å²) in [6, 6.07) is 8.38. The van der Waals surface area contributed by atoms with Gasteiger partial charge in [-0.2, -0.15) is 0 Å². The van der Waals surface area contributed by atoms with E-state index in [0.29, 0.717) is 11.4 Å². The lowest BCUT2D eigenvalue weighted by atomic mass is 10.0. The van der Waals surface area contributed by atoms with Crippen LogP contribution in [0.25, 0.3) is 0 Å². The van der Waals surface area contributed by atoms with Gasteiger partial charge in [-0.05, 0) is 24.0 Å². The van der Waals surface area contributed by atoms with Crippen molar-refractivity contribution in [3.8, 4) is 0 Å². The summed E-state index contributed by atoms with van der Waals surface area (Å²) in [6.07, 6.45) is 2.22. The second kappa shape index (κ2) is 5.40. The molecule has 0 spiro atoms. The van der Waals surface area contributed by atoms with E-state index in [1.807, 2.05) is 6.07 Å². The molecule has 1 aromatic carbocycles. The van der Waals surface area contributed by atoms with Crippen molar-refractivity contribution < 1.29 is 0 Å². The van der Waals surface area contributed by atoms with Gasteiger partial charge in [0, 0.05) is 11.4 Å². The molecule has 13 heavy (non-hydrogen) atoms. The van der Waals surface area contributed by atoms with Crippen LogP contribution in [0.3, 0.4) is 0 Å². The maximum absolute atomic E-state index is 5.65. The molecule has 1 atom stereocenters. The van der Waals surface area contributed by atoms with Crippen LogP contribution in [-0.4, -0.2) is 4.83 Å². The normalized spacial score (nSPS) is 12.8. The molecule has 0 bridgehead atoms. The molecular formula is C11H16BrN. The van der Waals surface area contributed by atoms with Gasteiger partial charge in [0.2, 0.25) is 0 Å². The van der Waals surface area contributed by atoms with Crippen molar-refractivity contribution in [1.29, 1.82) is 0 Å². The van der Waals surface area contributed by atoms with Crippen LogP contribution in [0.15, 0.2) is 24.3 Å². The first-order chi connectivity index (χ1) is 6.27. The Morgan fingerprint density at radius 2 is 1.92 bits per heavy atom. The Morgan fingerprint density at radius 3 is 2.46 bits per heavy atom. The first-order valence-corrected chi connectivity index (χ1v) is 5.60. The minimum atomic E-state index is 0.570. The number of benzene rings is 1. The standard InChI is InChI=1S/C11H16BrN/c1-2-11(12)7-9-5-3-4-6-10(9)8-13/h3-6,11H,2,7-8,13H2,1H3. The average molecular weight is 242 g/mol. The van der Waals surface area contributed by atoms with Crippen LogP contribution in [0.1, 0.15) is 24.5 Å². The van der Waals surface area contributed by atoms with Gasteiger partial charge in [0.15, 0.2) is 0 Å². The molecule has 0 amide bonds. The van der Waals surface area contributed by atoms with Gasteiger partial charge in [0.25, 0.3) is 0 Å². The second-order valence-corrected chi connectivity index (χ2v) is 4.48. The number of halogens is 1. The zero-order valence-corrected chi connectivity index (χ0v) is 9.55. The fraction of sp³-hybridized carbons (Fsp3) is 0.455. The highest BCUT2D eigenvalue weighted by Crippen LogP contribution is 2.16. The SMILES string of the molecule is CCC(Br)Cc1ccccc1CN. The first kappa shape index (κ1) is 10.7. The third-order valence-corrected chi connectivity index (χ3v) is 3.19. The molecule has 0 aliphatic carbocycles. The predicted octanol–water partition coefficient (Wildman–Crippen LogP) is 2.86. The van der Waals surface area contributed by atoms with Crippen LogP contribution >= 0.6 is 15.9 Å². The largest absolute Gasteiger partial charge is 0.326 e. The van der Waals surface area contributed by atoms with Gasteiger partial charge < -0.3 is 5.73 Å². The summed E-state index contributed by atoms with van der Waals surface area (Å²) in [6.45, 7) is 2.82. The van der Waals surface area contributed by atoms with E-state index in [0.717, 1.165) is 12.8 Å². The lowest BCUT2D eigenvalue weighted by molar-refractivity contribution is 0.818. The summed E-state index contributed by atoms with van der Waals surface area (Å²) >= 11 is 3.64. The van der Waals surface area contributed by atoms with Gasteiger partial charge in [-0.3, -0.25) is 0 Å². The quantitative estimate of drug-likeness (QED) is 0.807. The molecule has 1 unspecified atom stereocenters. The molecule has 0 aliphatic heterocycles. The molecule has 1 rings (SSSR count). The number of alkyl halides is 1. The van der Waals surface area contributed by atoms with Gasteiger partial charge in [-0.15, -0.1) is 0 Å². The van der Waals surface area contributed by atoms with Crippen LogP contribution in [0.2, 0.25) is 0 Å². The topological polar surface area (TPSA) is 26.0 Å². The van der Waals surface area contributed by atoms with E-state index in [4.69, 9.17) is 5.73 Å². The van der Waals surface area contributed by atoms with Gasteiger partial charge in [0.05, 0.1) is 0 Å². The maximum atomic E-state index is 5.65. The van der Waals surface area contributed by atoms with Crippen molar-refractivity contribution in [2.45, 2.75) is 31.1 Å². The highest BCUT2D eigenvalue weighted by Gasteiger charge is 2.05. The summed E-state index contributed by atoms with van der Waals surface area (Å²) < 4.78 is 0. The molecule has 1 nitrogen and oxygen atoms in total. The van der Waals surface area contributed by atoms with E-state index < -0.39 is 0 Å². The fourth-order valence-corrected chi connectivity index (χ4v) is 1.69. The smallest absolute Gasteiger partial charge is 0.0183 e. The third-order valence-electron chi connectivity index (χ3n) is 2.22. The summed E-state index contributed by atoms with van der Waals surface area (Å²) in [5.41, 5.74) is 8.29. The van der Waals surface area contributed by atoms with Crippen molar-refractivity contribution in [3.63, 3.8) is 0 Å². The Bertz CT molecular complexity index is 260. The van der Waals surface area contributed by atoms with Gasteiger partial charge in [0.1, 0.15) is 0 Å². The molecule has 2 N–H and O–H groups in total. The molecule has 0 saturated carbocycles. The van der Waals surface area contributed by atoms with E-state index in [1.54, 1.807) is 0 Å². The molecule has 0 aliphatic rings. The Balaban J connectivity index is 2.74. The van der Waals surface area contributed by atoms with Gasteiger partial charge in [-0.1, -0.05) is 47.1 Å². The second-order valence-electron chi connectivity index (χ2n) is 3.18. The predicted molar refractivity (Wildman–Crippen MR) is 61.0 cm³/mol. The maximum Gasteiger partial charge on any atom is 0.0183 e.